The Kier molecular flexibility index (Phi) is 7.38. The van der Waals surface area contributed by atoms with Crippen molar-refractivity contribution in [2.75, 3.05) is 26.7 Å². The van der Waals surface area contributed by atoms with Crippen molar-refractivity contribution in [3.8, 4) is 0 Å². The fourth-order valence-corrected chi connectivity index (χ4v) is 3.18. The third-order valence-electron chi connectivity index (χ3n) is 4.68. The monoisotopic (exact) mass is 344 g/mol. The number of amides is 2. The lowest BCUT2D eigenvalue weighted by atomic mass is 9.83. The predicted octanol–water partition coefficient (Wildman–Crippen LogP) is -0.863. The van der Waals surface area contributed by atoms with Gasteiger partial charge in [-0.15, -0.1) is 0 Å². The highest BCUT2D eigenvalue weighted by molar-refractivity contribution is 5.82. The normalized spacial score (nSPS) is 28.6. The molecule has 9 heteroatoms. The van der Waals surface area contributed by atoms with Crippen LogP contribution in [-0.4, -0.2) is 49.7 Å². The van der Waals surface area contributed by atoms with Gasteiger partial charge in [0.1, 0.15) is 20.1 Å². The number of aliphatic hydroxyl groups is 1. The summed E-state index contributed by atoms with van der Waals surface area (Å²) < 4.78 is 10.1. The van der Waals surface area contributed by atoms with Crippen LogP contribution >= 0.6 is 0 Å². The van der Waals surface area contributed by atoms with E-state index in [2.05, 4.69) is 21.7 Å². The van der Waals surface area contributed by atoms with E-state index in [0.29, 0.717) is 6.61 Å². The summed E-state index contributed by atoms with van der Waals surface area (Å²) >= 11 is 0. The number of carbonyl (C=O) groups excluding carboxylic acids is 2. The molecule has 2 fully saturated rings. The Morgan fingerprint density at radius 1 is 1.12 bits per heavy atom. The SMILES string of the molecule is CCOCNNC(=O)COCNNC(=O)C1CC12CCC(O)CC2. The van der Waals surface area contributed by atoms with Crippen LogP contribution in [0.25, 0.3) is 0 Å². The lowest BCUT2D eigenvalue weighted by molar-refractivity contribution is -0.128. The molecule has 0 aromatic carbocycles. The van der Waals surface area contributed by atoms with E-state index in [9.17, 15) is 14.7 Å². The number of hydrogen-bond donors (Lipinski definition) is 5. The Hall–Kier alpha value is -1.26. The van der Waals surface area contributed by atoms with Gasteiger partial charge in [-0.25, -0.2) is 10.9 Å². The molecule has 0 aromatic rings. The van der Waals surface area contributed by atoms with Crippen molar-refractivity contribution < 1.29 is 24.2 Å². The van der Waals surface area contributed by atoms with Crippen LogP contribution < -0.4 is 21.7 Å². The van der Waals surface area contributed by atoms with Crippen LogP contribution in [0.1, 0.15) is 39.0 Å². The Morgan fingerprint density at radius 3 is 2.50 bits per heavy atom. The van der Waals surface area contributed by atoms with Crippen LogP contribution in [0.4, 0.5) is 0 Å². The van der Waals surface area contributed by atoms with Crippen LogP contribution in [0.3, 0.4) is 0 Å². The number of hydrazine groups is 2. The minimum absolute atomic E-state index is 0.0172. The lowest BCUT2D eigenvalue weighted by Gasteiger charge is -2.26. The van der Waals surface area contributed by atoms with Gasteiger partial charge in [0.2, 0.25) is 5.91 Å². The lowest BCUT2D eigenvalue weighted by Crippen LogP contribution is -2.43. The average Bonchev–Trinajstić information content (AvgIpc) is 3.28. The molecule has 1 spiro atoms. The highest BCUT2D eigenvalue weighted by atomic mass is 16.5. The summed E-state index contributed by atoms with van der Waals surface area (Å²) in [7, 11) is 0. The predicted molar refractivity (Wildman–Crippen MR) is 84.9 cm³/mol. The van der Waals surface area contributed by atoms with Crippen LogP contribution in [0.15, 0.2) is 0 Å². The fraction of sp³-hybridized carbons (Fsp3) is 0.867. The first-order valence-corrected chi connectivity index (χ1v) is 8.45. The Bertz CT molecular complexity index is 426. The molecule has 2 saturated carbocycles. The van der Waals surface area contributed by atoms with E-state index in [0.717, 1.165) is 32.1 Å². The second-order valence-electron chi connectivity index (χ2n) is 6.37. The zero-order chi connectivity index (χ0) is 17.4. The van der Waals surface area contributed by atoms with Crippen molar-refractivity contribution in [2.45, 2.75) is 45.1 Å². The van der Waals surface area contributed by atoms with Crippen molar-refractivity contribution in [3.63, 3.8) is 0 Å². The van der Waals surface area contributed by atoms with E-state index in [1.807, 2.05) is 6.92 Å². The van der Waals surface area contributed by atoms with Crippen molar-refractivity contribution >= 4 is 11.8 Å². The first kappa shape index (κ1) is 19.1. The molecule has 0 radical (unpaired) electrons. The van der Waals surface area contributed by atoms with Crippen LogP contribution in [0, 0.1) is 11.3 Å². The Balaban J connectivity index is 1.48. The summed E-state index contributed by atoms with van der Waals surface area (Å²) in [5.41, 5.74) is 10.4. The first-order chi connectivity index (χ1) is 11.6. The third kappa shape index (κ3) is 5.67. The first-order valence-electron chi connectivity index (χ1n) is 8.45. The molecule has 1 unspecified atom stereocenters. The Labute approximate surface area is 141 Å². The molecule has 0 bridgehead atoms. The topological polar surface area (TPSA) is 121 Å². The fourth-order valence-electron chi connectivity index (χ4n) is 3.18. The largest absolute Gasteiger partial charge is 0.393 e. The summed E-state index contributed by atoms with van der Waals surface area (Å²) in [6.07, 6.45) is 4.08. The minimum atomic E-state index is -0.329. The second kappa shape index (κ2) is 9.28. The minimum Gasteiger partial charge on any atom is -0.393 e. The molecule has 2 aliphatic rings. The second-order valence-corrected chi connectivity index (χ2v) is 6.37. The maximum atomic E-state index is 12.1. The maximum Gasteiger partial charge on any atom is 0.260 e. The molecule has 2 amide bonds. The van der Waals surface area contributed by atoms with Crippen molar-refractivity contribution in [1.29, 1.82) is 0 Å². The molecule has 2 aliphatic carbocycles. The van der Waals surface area contributed by atoms with Crippen LogP contribution in [-0.2, 0) is 19.1 Å². The van der Waals surface area contributed by atoms with E-state index < -0.39 is 0 Å². The molecule has 5 N–H and O–H groups in total. The number of nitrogens with one attached hydrogen (secondary N) is 4. The highest BCUT2D eigenvalue weighted by Gasteiger charge is 2.58. The summed E-state index contributed by atoms with van der Waals surface area (Å²) in [6.45, 7) is 2.56. The van der Waals surface area contributed by atoms with Gasteiger partial charge in [-0.2, -0.15) is 0 Å². The molecule has 0 heterocycles. The smallest absolute Gasteiger partial charge is 0.260 e. The van der Waals surface area contributed by atoms with E-state index in [-0.39, 0.29) is 49.3 Å². The number of rotatable bonds is 10. The van der Waals surface area contributed by atoms with Gasteiger partial charge in [0.05, 0.1) is 6.10 Å². The quantitative estimate of drug-likeness (QED) is 0.199. The van der Waals surface area contributed by atoms with Gasteiger partial charge < -0.3 is 14.6 Å². The van der Waals surface area contributed by atoms with Crippen LogP contribution in [0.5, 0.6) is 0 Å². The Morgan fingerprint density at radius 2 is 1.79 bits per heavy atom. The van der Waals surface area contributed by atoms with E-state index in [1.165, 1.54) is 0 Å². The number of hydrogen-bond acceptors (Lipinski definition) is 7. The zero-order valence-corrected chi connectivity index (χ0v) is 14.1. The summed E-state index contributed by atoms with van der Waals surface area (Å²) in [4.78, 5) is 23.4. The number of ether oxygens (including phenoxy) is 2. The maximum absolute atomic E-state index is 12.1. The molecular weight excluding hydrogens is 316 g/mol. The highest BCUT2D eigenvalue weighted by Crippen LogP contribution is 2.61. The summed E-state index contributed by atoms with van der Waals surface area (Å²) in [5, 5.41) is 9.55. The van der Waals surface area contributed by atoms with Gasteiger partial charge >= 0.3 is 0 Å². The third-order valence-corrected chi connectivity index (χ3v) is 4.68. The average molecular weight is 344 g/mol. The molecule has 0 aromatic heterocycles. The van der Waals surface area contributed by atoms with Crippen LogP contribution in [0.2, 0.25) is 0 Å². The van der Waals surface area contributed by atoms with E-state index >= 15 is 0 Å². The summed E-state index contributed by atoms with van der Waals surface area (Å²) in [5.74, 6) is -0.355. The molecule has 138 valence electrons. The van der Waals surface area contributed by atoms with Crippen molar-refractivity contribution in [3.05, 3.63) is 0 Å². The van der Waals surface area contributed by atoms with Gasteiger partial charge in [0, 0.05) is 12.5 Å². The molecule has 0 saturated heterocycles. The molecule has 2 rings (SSSR count). The molecule has 1 atom stereocenters. The van der Waals surface area contributed by atoms with Gasteiger partial charge in [-0.05, 0) is 44.4 Å². The standard InChI is InChI=1S/C15H28N4O5/c1-2-23-9-16-18-13(21)8-24-10-17-19-14(22)12-7-15(12)5-3-11(20)4-6-15/h11-12,16-17,20H,2-10H2,1H3,(H,18,21)(H,19,22). The molecule has 0 aliphatic heterocycles. The van der Waals surface area contributed by atoms with Gasteiger partial charge in [-0.1, -0.05) is 0 Å². The molecule has 24 heavy (non-hydrogen) atoms. The number of carbonyl (C=O) groups is 2. The van der Waals surface area contributed by atoms with Gasteiger partial charge in [0.15, 0.2) is 0 Å². The van der Waals surface area contributed by atoms with Gasteiger partial charge in [0.25, 0.3) is 5.91 Å². The van der Waals surface area contributed by atoms with E-state index in [4.69, 9.17) is 9.47 Å². The zero-order valence-electron chi connectivity index (χ0n) is 14.1. The molecular formula is C15H28N4O5. The van der Waals surface area contributed by atoms with Crippen molar-refractivity contribution in [1.82, 2.24) is 21.7 Å². The van der Waals surface area contributed by atoms with Crippen molar-refractivity contribution in [2.24, 2.45) is 11.3 Å². The summed E-state index contributed by atoms with van der Waals surface area (Å²) in [6, 6.07) is 0. The molecule has 9 nitrogen and oxygen atoms in total. The number of aliphatic hydroxyl groups excluding tert-OH is 1. The van der Waals surface area contributed by atoms with Gasteiger partial charge in [-0.3, -0.25) is 20.4 Å². The van der Waals surface area contributed by atoms with E-state index in [1.54, 1.807) is 0 Å².